The largest absolute Gasteiger partial charge is 0.296 e. The number of nitrogens with zero attached hydrogens (tertiary/aromatic N) is 1. The highest BCUT2D eigenvalue weighted by molar-refractivity contribution is 8.26. The first-order valence-electron chi connectivity index (χ1n) is 4.97. The minimum absolute atomic E-state index is 0.0195. The van der Waals surface area contributed by atoms with Crippen LogP contribution in [0.1, 0.15) is 5.56 Å². The van der Waals surface area contributed by atoms with E-state index in [1.165, 1.54) is 21.6 Å². The van der Waals surface area contributed by atoms with E-state index in [1.807, 2.05) is 36.6 Å². The summed E-state index contributed by atoms with van der Waals surface area (Å²) in [6.45, 7) is 0. The molecule has 1 saturated heterocycles. The molecule has 1 aromatic carbocycles. The van der Waals surface area contributed by atoms with Crippen molar-refractivity contribution in [2.75, 3.05) is 13.3 Å². The SMILES string of the molecule is CSc1ccc(C=C2SC(=S)N(C)C2=O)cc1. The van der Waals surface area contributed by atoms with Crippen LogP contribution in [0.5, 0.6) is 0 Å². The summed E-state index contributed by atoms with van der Waals surface area (Å²) in [6, 6.07) is 8.11. The van der Waals surface area contributed by atoms with Gasteiger partial charge in [-0.15, -0.1) is 11.8 Å². The molecule has 0 aliphatic carbocycles. The number of thiocarbonyl (C=S) groups is 1. The van der Waals surface area contributed by atoms with Gasteiger partial charge < -0.3 is 0 Å². The summed E-state index contributed by atoms with van der Waals surface area (Å²) in [5, 5.41) is 0. The molecular weight excluding hydrogens is 270 g/mol. The van der Waals surface area contributed by atoms with Crippen LogP contribution in [0.25, 0.3) is 6.08 Å². The number of thioether (sulfide) groups is 2. The maximum atomic E-state index is 11.8. The number of hydrogen-bond donors (Lipinski definition) is 0. The summed E-state index contributed by atoms with van der Waals surface area (Å²) < 4.78 is 0.613. The highest BCUT2D eigenvalue weighted by atomic mass is 32.2. The van der Waals surface area contributed by atoms with E-state index < -0.39 is 0 Å². The van der Waals surface area contributed by atoms with Crippen LogP contribution in [0.15, 0.2) is 34.1 Å². The molecular formula is C12H11NOS3. The molecule has 17 heavy (non-hydrogen) atoms. The number of benzene rings is 1. The summed E-state index contributed by atoms with van der Waals surface area (Å²) in [5.41, 5.74) is 1.02. The Kier molecular flexibility index (Phi) is 3.91. The number of hydrogen-bond acceptors (Lipinski definition) is 4. The van der Waals surface area contributed by atoms with Gasteiger partial charge in [0.15, 0.2) is 0 Å². The minimum atomic E-state index is -0.0195. The van der Waals surface area contributed by atoms with Gasteiger partial charge >= 0.3 is 0 Å². The molecule has 5 heteroatoms. The molecule has 0 spiro atoms. The van der Waals surface area contributed by atoms with E-state index in [-0.39, 0.29) is 5.91 Å². The molecule has 0 bridgehead atoms. The van der Waals surface area contributed by atoms with Crippen molar-refractivity contribution in [1.82, 2.24) is 4.90 Å². The fourth-order valence-corrected chi connectivity index (χ4v) is 2.98. The van der Waals surface area contributed by atoms with Crippen molar-refractivity contribution < 1.29 is 4.79 Å². The van der Waals surface area contributed by atoms with Crippen molar-refractivity contribution in [3.8, 4) is 0 Å². The average Bonchev–Trinajstić information content (AvgIpc) is 2.58. The van der Waals surface area contributed by atoms with Crippen LogP contribution in [-0.2, 0) is 4.79 Å². The van der Waals surface area contributed by atoms with Crippen molar-refractivity contribution in [2.45, 2.75) is 4.90 Å². The lowest BCUT2D eigenvalue weighted by molar-refractivity contribution is -0.121. The van der Waals surface area contributed by atoms with Crippen LogP contribution in [0.4, 0.5) is 0 Å². The number of rotatable bonds is 2. The molecule has 2 rings (SSSR count). The summed E-state index contributed by atoms with van der Waals surface area (Å²) in [6.07, 6.45) is 3.92. The lowest BCUT2D eigenvalue weighted by atomic mass is 10.2. The van der Waals surface area contributed by atoms with Gasteiger partial charge in [-0.25, -0.2) is 0 Å². The predicted octanol–water partition coefficient (Wildman–Crippen LogP) is 3.24. The van der Waals surface area contributed by atoms with E-state index in [0.717, 1.165) is 5.56 Å². The number of amides is 1. The summed E-state index contributed by atoms with van der Waals surface area (Å²) >= 11 is 8.13. The van der Waals surface area contributed by atoms with Crippen molar-refractivity contribution in [1.29, 1.82) is 0 Å². The van der Waals surface area contributed by atoms with Crippen LogP contribution in [-0.4, -0.2) is 28.4 Å². The fourth-order valence-electron chi connectivity index (χ4n) is 1.40. The van der Waals surface area contributed by atoms with Crippen molar-refractivity contribution in [3.63, 3.8) is 0 Å². The molecule has 1 fully saturated rings. The van der Waals surface area contributed by atoms with Crippen LogP contribution >= 0.6 is 35.7 Å². The normalized spacial score (nSPS) is 18.2. The first-order valence-corrected chi connectivity index (χ1v) is 7.42. The monoisotopic (exact) mass is 281 g/mol. The molecule has 2 nitrogen and oxygen atoms in total. The van der Waals surface area contributed by atoms with Crippen molar-refractivity contribution >= 4 is 52.0 Å². The van der Waals surface area contributed by atoms with Crippen LogP contribution in [0.2, 0.25) is 0 Å². The second kappa shape index (κ2) is 5.25. The Hall–Kier alpha value is -0.780. The average molecular weight is 281 g/mol. The zero-order chi connectivity index (χ0) is 12.4. The molecule has 1 aromatic rings. The van der Waals surface area contributed by atoms with E-state index >= 15 is 0 Å². The van der Waals surface area contributed by atoms with Gasteiger partial charge in [0.2, 0.25) is 0 Å². The van der Waals surface area contributed by atoms with E-state index in [1.54, 1.807) is 18.8 Å². The molecule has 88 valence electrons. The van der Waals surface area contributed by atoms with Crippen LogP contribution in [0, 0.1) is 0 Å². The molecule has 0 N–H and O–H groups in total. The van der Waals surface area contributed by atoms with Crippen LogP contribution in [0.3, 0.4) is 0 Å². The molecule has 0 unspecified atom stereocenters. The molecule has 1 heterocycles. The summed E-state index contributed by atoms with van der Waals surface area (Å²) in [5.74, 6) is -0.0195. The Bertz CT molecular complexity index is 493. The molecule has 1 aliphatic heterocycles. The number of carbonyl (C=O) groups is 1. The third-order valence-corrected chi connectivity index (χ3v) is 4.63. The first-order chi connectivity index (χ1) is 8.11. The highest BCUT2D eigenvalue weighted by Gasteiger charge is 2.28. The van der Waals surface area contributed by atoms with Gasteiger partial charge in [-0.2, -0.15) is 0 Å². The number of carbonyl (C=O) groups excluding carboxylic acids is 1. The van der Waals surface area contributed by atoms with Gasteiger partial charge in [0.25, 0.3) is 5.91 Å². The molecule has 0 atom stereocenters. The Morgan fingerprint density at radius 2 is 2.00 bits per heavy atom. The van der Waals surface area contributed by atoms with Crippen molar-refractivity contribution in [2.24, 2.45) is 0 Å². The van der Waals surface area contributed by atoms with Gasteiger partial charge in [-0.1, -0.05) is 36.1 Å². The molecule has 0 aromatic heterocycles. The quantitative estimate of drug-likeness (QED) is 0.471. The van der Waals surface area contributed by atoms with E-state index in [2.05, 4.69) is 0 Å². The Morgan fingerprint density at radius 3 is 2.47 bits per heavy atom. The lowest BCUT2D eigenvalue weighted by Crippen LogP contribution is -2.22. The Balaban J connectivity index is 2.24. The minimum Gasteiger partial charge on any atom is -0.296 e. The van der Waals surface area contributed by atoms with E-state index in [9.17, 15) is 4.79 Å². The van der Waals surface area contributed by atoms with Crippen molar-refractivity contribution in [3.05, 3.63) is 34.7 Å². The Labute approximate surface area is 114 Å². The standard InChI is InChI=1S/C12H11NOS3/c1-13-11(14)10(17-12(13)15)7-8-3-5-9(16-2)6-4-8/h3-7H,1-2H3. The maximum Gasteiger partial charge on any atom is 0.265 e. The number of likely N-dealkylation sites (N-methyl/N-ethyl adjacent to an activating group) is 1. The highest BCUT2D eigenvalue weighted by Crippen LogP contribution is 2.31. The van der Waals surface area contributed by atoms with E-state index in [0.29, 0.717) is 9.23 Å². The predicted molar refractivity (Wildman–Crippen MR) is 79.2 cm³/mol. The second-order valence-electron chi connectivity index (χ2n) is 3.51. The first kappa shape index (κ1) is 12.7. The zero-order valence-corrected chi connectivity index (χ0v) is 11.9. The molecule has 0 radical (unpaired) electrons. The molecule has 1 aliphatic rings. The summed E-state index contributed by atoms with van der Waals surface area (Å²) in [7, 11) is 1.70. The molecule has 1 amide bonds. The third-order valence-electron chi connectivity index (χ3n) is 2.40. The third kappa shape index (κ3) is 2.73. The second-order valence-corrected chi connectivity index (χ2v) is 6.07. The lowest BCUT2D eigenvalue weighted by Gasteiger charge is -2.03. The Morgan fingerprint density at radius 1 is 1.35 bits per heavy atom. The summed E-state index contributed by atoms with van der Waals surface area (Å²) in [4.78, 5) is 15.2. The zero-order valence-electron chi connectivity index (χ0n) is 9.47. The fraction of sp³-hybridized carbons (Fsp3) is 0.167. The smallest absolute Gasteiger partial charge is 0.265 e. The van der Waals surface area contributed by atoms with Gasteiger partial charge in [0.05, 0.1) is 4.91 Å². The van der Waals surface area contributed by atoms with Crippen LogP contribution < -0.4 is 0 Å². The topological polar surface area (TPSA) is 20.3 Å². The van der Waals surface area contributed by atoms with Gasteiger partial charge in [-0.05, 0) is 30.0 Å². The van der Waals surface area contributed by atoms with E-state index in [4.69, 9.17) is 12.2 Å². The maximum absolute atomic E-state index is 11.8. The van der Waals surface area contributed by atoms with Gasteiger partial charge in [0.1, 0.15) is 4.32 Å². The molecule has 0 saturated carbocycles. The van der Waals surface area contributed by atoms with Gasteiger partial charge in [0, 0.05) is 11.9 Å². The van der Waals surface area contributed by atoms with Gasteiger partial charge in [-0.3, -0.25) is 9.69 Å².